The van der Waals surface area contributed by atoms with Gasteiger partial charge < -0.3 is 15.0 Å². The highest BCUT2D eigenvalue weighted by Gasteiger charge is 2.24. The molecular weight excluding hydrogens is 264 g/mol. The summed E-state index contributed by atoms with van der Waals surface area (Å²) in [6.45, 7) is 2.67. The lowest BCUT2D eigenvalue weighted by atomic mass is 10.1. The summed E-state index contributed by atoms with van der Waals surface area (Å²) in [7, 11) is 1.90. The van der Waals surface area contributed by atoms with Gasteiger partial charge >= 0.3 is 0 Å². The highest BCUT2D eigenvalue weighted by Crippen LogP contribution is 2.18. The van der Waals surface area contributed by atoms with Crippen LogP contribution in [0.1, 0.15) is 10.4 Å². The maximum absolute atomic E-state index is 12.6. The summed E-state index contributed by atoms with van der Waals surface area (Å²) in [6.07, 6.45) is 0.0770. The van der Waals surface area contributed by atoms with E-state index >= 15 is 0 Å². The lowest BCUT2D eigenvalue weighted by Gasteiger charge is -2.33. The van der Waals surface area contributed by atoms with Gasteiger partial charge in [-0.15, -0.1) is 0 Å². The SMILES string of the molecule is CNCC1CN(C(=O)c2ccc3ccccc3c2)CCO1. The molecule has 1 aliphatic heterocycles. The fourth-order valence-corrected chi connectivity index (χ4v) is 2.76. The Kier molecular flexibility index (Phi) is 4.18. The molecule has 110 valence electrons. The van der Waals surface area contributed by atoms with Gasteiger partial charge in [-0.3, -0.25) is 4.79 Å². The number of nitrogens with zero attached hydrogens (tertiary/aromatic N) is 1. The van der Waals surface area contributed by atoms with E-state index < -0.39 is 0 Å². The van der Waals surface area contributed by atoms with Gasteiger partial charge in [0.25, 0.3) is 5.91 Å². The van der Waals surface area contributed by atoms with Gasteiger partial charge in [0.2, 0.25) is 0 Å². The normalized spacial score (nSPS) is 18.9. The van der Waals surface area contributed by atoms with E-state index in [1.807, 2.05) is 48.3 Å². The quantitative estimate of drug-likeness (QED) is 0.936. The van der Waals surface area contributed by atoms with Crippen molar-refractivity contribution in [2.24, 2.45) is 0 Å². The molecule has 0 bridgehead atoms. The molecule has 1 aliphatic rings. The third kappa shape index (κ3) is 3.06. The average Bonchev–Trinajstić information content (AvgIpc) is 2.54. The fourth-order valence-electron chi connectivity index (χ4n) is 2.76. The molecule has 4 heteroatoms. The topological polar surface area (TPSA) is 41.6 Å². The number of carbonyl (C=O) groups excluding carboxylic acids is 1. The third-order valence-corrected chi connectivity index (χ3v) is 3.85. The first kappa shape index (κ1) is 14.0. The van der Waals surface area contributed by atoms with Gasteiger partial charge in [0.15, 0.2) is 0 Å². The Hall–Kier alpha value is -1.91. The van der Waals surface area contributed by atoms with Crippen molar-refractivity contribution in [3.05, 3.63) is 48.0 Å². The van der Waals surface area contributed by atoms with Crippen molar-refractivity contribution in [2.45, 2.75) is 6.10 Å². The molecule has 0 aromatic heterocycles. The van der Waals surface area contributed by atoms with Crippen LogP contribution in [-0.2, 0) is 4.74 Å². The number of nitrogens with one attached hydrogen (secondary N) is 1. The summed E-state index contributed by atoms with van der Waals surface area (Å²) >= 11 is 0. The fraction of sp³-hybridized carbons (Fsp3) is 0.353. The van der Waals surface area contributed by atoms with Crippen LogP contribution in [0.25, 0.3) is 10.8 Å². The van der Waals surface area contributed by atoms with Crippen molar-refractivity contribution in [1.82, 2.24) is 10.2 Å². The Bertz CT molecular complexity index is 639. The molecule has 3 rings (SSSR count). The van der Waals surface area contributed by atoms with Crippen LogP contribution in [0.3, 0.4) is 0 Å². The van der Waals surface area contributed by atoms with Gasteiger partial charge in [-0.25, -0.2) is 0 Å². The monoisotopic (exact) mass is 284 g/mol. The molecule has 1 heterocycles. The van der Waals surface area contributed by atoms with Crippen molar-refractivity contribution in [2.75, 3.05) is 33.3 Å². The number of ether oxygens (including phenoxy) is 1. The Labute approximate surface area is 124 Å². The molecule has 4 nitrogen and oxygen atoms in total. The predicted octanol–water partition coefficient (Wildman–Crippen LogP) is 1.90. The summed E-state index contributed by atoms with van der Waals surface area (Å²) in [6, 6.07) is 14.0. The van der Waals surface area contributed by atoms with Gasteiger partial charge in [0.1, 0.15) is 0 Å². The molecule has 0 aliphatic carbocycles. The van der Waals surface area contributed by atoms with Crippen LogP contribution in [-0.4, -0.2) is 50.2 Å². The van der Waals surface area contributed by atoms with E-state index in [2.05, 4.69) is 11.4 Å². The Morgan fingerprint density at radius 3 is 2.90 bits per heavy atom. The zero-order valence-electron chi connectivity index (χ0n) is 12.2. The molecule has 1 atom stereocenters. The van der Waals surface area contributed by atoms with Crippen molar-refractivity contribution in [1.29, 1.82) is 0 Å². The molecule has 1 fully saturated rings. The highest BCUT2D eigenvalue weighted by atomic mass is 16.5. The summed E-state index contributed by atoms with van der Waals surface area (Å²) in [5, 5.41) is 5.35. The Balaban J connectivity index is 1.79. The molecule has 0 saturated carbocycles. The standard InChI is InChI=1S/C17H20N2O2/c1-18-11-16-12-19(8-9-21-16)17(20)15-7-6-13-4-2-3-5-14(13)10-15/h2-7,10,16,18H,8-9,11-12H2,1H3. The van der Waals surface area contributed by atoms with Crippen LogP contribution in [0.15, 0.2) is 42.5 Å². The number of rotatable bonds is 3. The van der Waals surface area contributed by atoms with Crippen molar-refractivity contribution in [3.8, 4) is 0 Å². The maximum Gasteiger partial charge on any atom is 0.254 e. The van der Waals surface area contributed by atoms with Crippen LogP contribution in [0, 0.1) is 0 Å². The van der Waals surface area contributed by atoms with E-state index in [-0.39, 0.29) is 12.0 Å². The number of benzene rings is 2. The second-order valence-corrected chi connectivity index (χ2v) is 5.36. The molecule has 1 saturated heterocycles. The minimum atomic E-state index is 0.0770. The van der Waals surface area contributed by atoms with Crippen molar-refractivity contribution >= 4 is 16.7 Å². The van der Waals surface area contributed by atoms with Crippen molar-refractivity contribution < 1.29 is 9.53 Å². The lowest BCUT2D eigenvalue weighted by Crippen LogP contribution is -2.48. The van der Waals surface area contributed by atoms with Crippen LogP contribution in [0.5, 0.6) is 0 Å². The Morgan fingerprint density at radius 2 is 2.10 bits per heavy atom. The number of likely N-dealkylation sites (N-methyl/N-ethyl adjacent to an activating group) is 1. The molecule has 1 N–H and O–H groups in total. The number of hydrogen-bond donors (Lipinski definition) is 1. The van der Waals surface area contributed by atoms with Gasteiger partial charge in [-0.05, 0) is 30.0 Å². The smallest absolute Gasteiger partial charge is 0.254 e. The summed E-state index contributed by atoms with van der Waals surface area (Å²) in [5.74, 6) is 0.0881. The molecule has 2 aromatic rings. The van der Waals surface area contributed by atoms with Gasteiger partial charge in [0, 0.05) is 25.2 Å². The van der Waals surface area contributed by atoms with E-state index in [0.29, 0.717) is 19.7 Å². The minimum Gasteiger partial charge on any atom is -0.373 e. The number of fused-ring (bicyclic) bond motifs is 1. The van der Waals surface area contributed by atoms with Gasteiger partial charge in [-0.2, -0.15) is 0 Å². The zero-order chi connectivity index (χ0) is 14.7. The molecule has 2 aromatic carbocycles. The van der Waals surface area contributed by atoms with Gasteiger partial charge in [-0.1, -0.05) is 30.3 Å². The van der Waals surface area contributed by atoms with E-state index in [1.54, 1.807) is 0 Å². The van der Waals surface area contributed by atoms with E-state index in [1.165, 1.54) is 0 Å². The molecule has 0 spiro atoms. The summed E-state index contributed by atoms with van der Waals surface area (Å²) in [4.78, 5) is 14.5. The molecular formula is C17H20N2O2. The highest BCUT2D eigenvalue weighted by molar-refractivity contribution is 5.98. The summed E-state index contributed by atoms with van der Waals surface area (Å²) in [5.41, 5.74) is 0.749. The zero-order valence-corrected chi connectivity index (χ0v) is 12.2. The average molecular weight is 284 g/mol. The number of amides is 1. The Morgan fingerprint density at radius 1 is 1.29 bits per heavy atom. The first-order valence-corrected chi connectivity index (χ1v) is 7.32. The van der Waals surface area contributed by atoms with Crippen LogP contribution in [0.2, 0.25) is 0 Å². The van der Waals surface area contributed by atoms with E-state index in [4.69, 9.17) is 4.74 Å². The van der Waals surface area contributed by atoms with Crippen LogP contribution in [0.4, 0.5) is 0 Å². The molecule has 21 heavy (non-hydrogen) atoms. The van der Waals surface area contributed by atoms with Crippen LogP contribution >= 0.6 is 0 Å². The van der Waals surface area contributed by atoms with E-state index in [0.717, 1.165) is 22.9 Å². The predicted molar refractivity (Wildman–Crippen MR) is 83.5 cm³/mol. The van der Waals surface area contributed by atoms with Gasteiger partial charge in [0.05, 0.1) is 12.7 Å². The number of carbonyl (C=O) groups is 1. The van der Waals surface area contributed by atoms with E-state index in [9.17, 15) is 4.79 Å². The van der Waals surface area contributed by atoms with Crippen molar-refractivity contribution in [3.63, 3.8) is 0 Å². The second-order valence-electron chi connectivity index (χ2n) is 5.36. The largest absolute Gasteiger partial charge is 0.373 e. The lowest BCUT2D eigenvalue weighted by molar-refractivity contribution is -0.0196. The number of morpholine rings is 1. The minimum absolute atomic E-state index is 0.0770. The second kappa shape index (κ2) is 6.24. The summed E-state index contributed by atoms with van der Waals surface area (Å²) < 4.78 is 5.65. The first-order valence-electron chi connectivity index (χ1n) is 7.32. The molecule has 1 amide bonds. The van der Waals surface area contributed by atoms with Crippen LogP contribution < -0.4 is 5.32 Å². The number of hydrogen-bond acceptors (Lipinski definition) is 3. The third-order valence-electron chi connectivity index (χ3n) is 3.85. The maximum atomic E-state index is 12.6. The first-order chi connectivity index (χ1) is 10.3. The molecule has 0 radical (unpaired) electrons. The molecule has 1 unspecified atom stereocenters.